The summed E-state index contributed by atoms with van der Waals surface area (Å²) in [5, 5.41) is 10.4. The standard InChI is InChI=1S/C42H72O3/c1-5-6-7-8-9-10-11-12-13-14-15-16-17-18-19-20-31-45-40(44)26-21-33(2)37-24-25-38-36-23-22-34-32-35(43)27-29-41(34,3)39(36)28-30-42(37,38)4/h9-10,12-13,33-39,43H,5-8,11,14-32H2,1-4H3/t33-,34?,35-,36?,37?,38?,39?,41+,42-/m1/s1. The Kier molecular flexibility index (Phi) is 15.1. The molecule has 45 heavy (non-hydrogen) atoms. The minimum atomic E-state index is -0.0534. The number of ether oxygens (including phenoxy) is 1. The maximum absolute atomic E-state index is 12.6. The Morgan fingerprint density at radius 2 is 1.47 bits per heavy atom. The second kappa shape index (κ2) is 18.5. The first-order valence-corrected chi connectivity index (χ1v) is 19.9. The van der Waals surface area contributed by atoms with E-state index in [0.717, 1.165) is 61.7 Å². The van der Waals surface area contributed by atoms with Crippen LogP contribution in [0, 0.1) is 46.3 Å². The van der Waals surface area contributed by atoms with Crippen LogP contribution in [0.2, 0.25) is 0 Å². The number of hydrogen-bond acceptors (Lipinski definition) is 3. The van der Waals surface area contributed by atoms with Gasteiger partial charge in [-0.2, -0.15) is 0 Å². The number of esters is 1. The summed E-state index contributed by atoms with van der Waals surface area (Å²) in [6.07, 6.45) is 37.2. The first kappa shape index (κ1) is 36.7. The SMILES string of the molecule is CCCCCC=CCC=CCCCCCCCCOC(=O)CC[C@@H](C)C1CCC2C3CCC4C[C@H](O)CC[C@]4(C)C3CC[C@@]21C. The normalized spacial score (nSPS) is 35.3. The molecule has 0 radical (unpaired) electrons. The van der Waals surface area contributed by atoms with Gasteiger partial charge in [0.05, 0.1) is 12.7 Å². The van der Waals surface area contributed by atoms with Crippen LogP contribution in [-0.2, 0) is 9.53 Å². The molecule has 258 valence electrons. The van der Waals surface area contributed by atoms with Gasteiger partial charge in [-0.3, -0.25) is 4.79 Å². The first-order valence-electron chi connectivity index (χ1n) is 19.9. The Bertz CT molecular complexity index is 923. The molecular weight excluding hydrogens is 552 g/mol. The fraction of sp³-hybridized carbons (Fsp3) is 0.881. The highest BCUT2D eigenvalue weighted by atomic mass is 16.5. The van der Waals surface area contributed by atoms with Crippen molar-refractivity contribution in [1.82, 2.24) is 0 Å². The molecule has 1 N–H and O–H groups in total. The minimum Gasteiger partial charge on any atom is -0.466 e. The Balaban J connectivity index is 1.04. The molecule has 4 saturated carbocycles. The zero-order valence-corrected chi connectivity index (χ0v) is 30.1. The van der Waals surface area contributed by atoms with Gasteiger partial charge in [0.25, 0.3) is 0 Å². The van der Waals surface area contributed by atoms with E-state index in [2.05, 4.69) is 52.0 Å². The van der Waals surface area contributed by atoms with E-state index >= 15 is 0 Å². The van der Waals surface area contributed by atoms with Gasteiger partial charge < -0.3 is 9.84 Å². The molecule has 0 aromatic carbocycles. The summed E-state index contributed by atoms with van der Waals surface area (Å²) in [5.74, 6) is 4.74. The quantitative estimate of drug-likeness (QED) is 0.0883. The molecule has 0 amide bonds. The molecule has 0 aliphatic heterocycles. The molecule has 0 saturated heterocycles. The van der Waals surface area contributed by atoms with Gasteiger partial charge in [-0.15, -0.1) is 0 Å². The van der Waals surface area contributed by atoms with Crippen LogP contribution in [0.25, 0.3) is 0 Å². The molecule has 4 fully saturated rings. The molecule has 0 aromatic rings. The predicted molar refractivity (Wildman–Crippen MR) is 190 cm³/mol. The average Bonchev–Trinajstić information content (AvgIpc) is 3.39. The lowest BCUT2D eigenvalue weighted by Gasteiger charge is -2.61. The number of hydrogen-bond donors (Lipinski definition) is 1. The van der Waals surface area contributed by atoms with Crippen LogP contribution < -0.4 is 0 Å². The molecule has 4 rings (SSSR count). The number of carbonyl (C=O) groups excluding carboxylic acids is 1. The van der Waals surface area contributed by atoms with Gasteiger partial charge in [-0.25, -0.2) is 0 Å². The van der Waals surface area contributed by atoms with Crippen LogP contribution in [0.1, 0.15) is 175 Å². The molecule has 5 unspecified atom stereocenters. The lowest BCUT2D eigenvalue weighted by Crippen LogP contribution is -2.54. The van der Waals surface area contributed by atoms with Crippen molar-refractivity contribution in [2.45, 2.75) is 181 Å². The Labute approximate surface area is 278 Å². The van der Waals surface area contributed by atoms with Crippen LogP contribution in [0.3, 0.4) is 0 Å². The second-order valence-electron chi connectivity index (χ2n) is 16.6. The predicted octanol–water partition coefficient (Wildman–Crippen LogP) is 11.8. The molecule has 3 heteroatoms. The molecule has 3 nitrogen and oxygen atoms in total. The lowest BCUT2D eigenvalue weighted by molar-refractivity contribution is -0.144. The Morgan fingerprint density at radius 1 is 0.800 bits per heavy atom. The van der Waals surface area contributed by atoms with Crippen molar-refractivity contribution in [3.05, 3.63) is 24.3 Å². The van der Waals surface area contributed by atoms with Gasteiger partial charge in [0, 0.05) is 6.42 Å². The van der Waals surface area contributed by atoms with E-state index in [1.54, 1.807) is 0 Å². The fourth-order valence-electron chi connectivity index (χ4n) is 11.1. The third kappa shape index (κ3) is 9.96. The number of rotatable bonds is 19. The number of fused-ring (bicyclic) bond motifs is 5. The number of carbonyl (C=O) groups is 1. The summed E-state index contributed by atoms with van der Waals surface area (Å²) in [6, 6.07) is 0. The summed E-state index contributed by atoms with van der Waals surface area (Å²) in [5.41, 5.74) is 0.905. The molecule has 9 atom stereocenters. The van der Waals surface area contributed by atoms with Gasteiger partial charge in [-0.05, 0) is 149 Å². The van der Waals surface area contributed by atoms with Crippen LogP contribution in [-0.4, -0.2) is 23.8 Å². The monoisotopic (exact) mass is 625 g/mol. The van der Waals surface area contributed by atoms with Gasteiger partial charge in [0.15, 0.2) is 0 Å². The fourth-order valence-corrected chi connectivity index (χ4v) is 11.1. The zero-order chi connectivity index (χ0) is 32.1. The van der Waals surface area contributed by atoms with Gasteiger partial charge in [-0.1, -0.05) is 90.5 Å². The van der Waals surface area contributed by atoms with E-state index in [9.17, 15) is 9.90 Å². The van der Waals surface area contributed by atoms with Crippen molar-refractivity contribution in [2.24, 2.45) is 46.3 Å². The molecular formula is C42H72O3. The van der Waals surface area contributed by atoms with Crippen LogP contribution in [0.5, 0.6) is 0 Å². The smallest absolute Gasteiger partial charge is 0.305 e. The lowest BCUT2D eigenvalue weighted by atomic mass is 9.44. The molecule has 0 spiro atoms. The van der Waals surface area contributed by atoms with E-state index in [-0.39, 0.29) is 12.1 Å². The zero-order valence-electron chi connectivity index (χ0n) is 30.1. The van der Waals surface area contributed by atoms with Crippen molar-refractivity contribution in [2.75, 3.05) is 6.61 Å². The topological polar surface area (TPSA) is 46.5 Å². The second-order valence-corrected chi connectivity index (χ2v) is 16.6. The van der Waals surface area contributed by atoms with Crippen molar-refractivity contribution in [3.63, 3.8) is 0 Å². The Morgan fingerprint density at radius 3 is 2.22 bits per heavy atom. The van der Waals surface area contributed by atoms with Crippen molar-refractivity contribution < 1.29 is 14.6 Å². The summed E-state index contributed by atoms with van der Waals surface area (Å²) in [7, 11) is 0. The Hall–Kier alpha value is -1.09. The minimum absolute atomic E-state index is 0.0265. The summed E-state index contributed by atoms with van der Waals surface area (Å²) in [4.78, 5) is 12.6. The van der Waals surface area contributed by atoms with E-state index in [1.165, 1.54) is 109 Å². The average molecular weight is 625 g/mol. The number of unbranched alkanes of at least 4 members (excludes halogenated alkanes) is 9. The molecule has 0 bridgehead atoms. The highest BCUT2D eigenvalue weighted by Crippen LogP contribution is 2.68. The first-order chi connectivity index (χ1) is 21.8. The third-order valence-electron chi connectivity index (χ3n) is 13.8. The third-order valence-corrected chi connectivity index (χ3v) is 13.8. The number of aliphatic hydroxyl groups excluding tert-OH is 1. The van der Waals surface area contributed by atoms with E-state index in [1.807, 2.05) is 0 Å². The van der Waals surface area contributed by atoms with Gasteiger partial charge >= 0.3 is 5.97 Å². The number of allylic oxidation sites excluding steroid dienone is 4. The number of aliphatic hydroxyl groups is 1. The van der Waals surface area contributed by atoms with Crippen LogP contribution in [0.4, 0.5) is 0 Å². The highest BCUT2D eigenvalue weighted by Gasteiger charge is 2.60. The maximum atomic E-state index is 12.6. The van der Waals surface area contributed by atoms with E-state index in [0.29, 0.717) is 29.8 Å². The van der Waals surface area contributed by atoms with Crippen molar-refractivity contribution >= 4 is 5.97 Å². The summed E-state index contributed by atoms with van der Waals surface area (Å²) in [6.45, 7) is 10.5. The van der Waals surface area contributed by atoms with Crippen LogP contribution >= 0.6 is 0 Å². The molecule has 0 heterocycles. The molecule has 4 aliphatic rings. The van der Waals surface area contributed by atoms with Crippen LogP contribution in [0.15, 0.2) is 24.3 Å². The van der Waals surface area contributed by atoms with Crippen molar-refractivity contribution in [1.29, 1.82) is 0 Å². The van der Waals surface area contributed by atoms with Gasteiger partial charge in [0.1, 0.15) is 0 Å². The van der Waals surface area contributed by atoms with Gasteiger partial charge in [0.2, 0.25) is 0 Å². The van der Waals surface area contributed by atoms with E-state index < -0.39 is 0 Å². The molecule has 4 aliphatic carbocycles. The largest absolute Gasteiger partial charge is 0.466 e. The summed E-state index contributed by atoms with van der Waals surface area (Å²) >= 11 is 0. The maximum Gasteiger partial charge on any atom is 0.305 e. The summed E-state index contributed by atoms with van der Waals surface area (Å²) < 4.78 is 5.67. The van der Waals surface area contributed by atoms with Crippen molar-refractivity contribution in [3.8, 4) is 0 Å². The molecule has 0 aromatic heterocycles. The van der Waals surface area contributed by atoms with E-state index in [4.69, 9.17) is 4.74 Å². The highest BCUT2D eigenvalue weighted by molar-refractivity contribution is 5.69.